The minimum absolute atomic E-state index is 0.128. The summed E-state index contributed by atoms with van der Waals surface area (Å²) in [5.41, 5.74) is 8.80. The molecule has 0 bridgehead atoms. The Labute approximate surface area is 165 Å². The molecular formula is C21H32N2O4. The summed E-state index contributed by atoms with van der Waals surface area (Å²) in [5.74, 6) is 0. The van der Waals surface area contributed by atoms with E-state index in [9.17, 15) is 9.59 Å². The van der Waals surface area contributed by atoms with Crippen molar-refractivity contribution < 1.29 is 21.8 Å². The molecule has 0 spiro atoms. The average molecular weight is 379 g/mol. The lowest BCUT2D eigenvalue weighted by molar-refractivity contribution is -0.130. The first-order valence-corrected chi connectivity index (χ1v) is 8.78. The highest BCUT2D eigenvalue weighted by molar-refractivity contribution is 5.44. The molecule has 0 radical (unpaired) electrons. The summed E-state index contributed by atoms with van der Waals surface area (Å²) in [6.07, 6.45) is -2.02. The number of rotatable bonds is 5. The van der Waals surface area contributed by atoms with Crippen LogP contribution in [0, 0.1) is 0 Å². The number of nitrogens with two attached hydrogens (primary N) is 1. The Morgan fingerprint density at radius 3 is 1.56 bits per heavy atom. The van der Waals surface area contributed by atoms with E-state index in [1.807, 2.05) is 59.0 Å². The van der Waals surface area contributed by atoms with E-state index in [2.05, 4.69) is 14.8 Å². The van der Waals surface area contributed by atoms with Crippen molar-refractivity contribution in [2.45, 2.75) is 40.9 Å². The van der Waals surface area contributed by atoms with Gasteiger partial charge in [0.25, 0.3) is 12.9 Å². The minimum Gasteiger partial charge on any atom is -0.463 e. The van der Waals surface area contributed by atoms with Crippen LogP contribution in [-0.4, -0.2) is 19.9 Å². The second kappa shape index (κ2) is 19.3. The van der Waals surface area contributed by atoms with Gasteiger partial charge in [-0.05, 0) is 35.4 Å². The standard InChI is InChI=1S/C9H11NO2.C8H9NO2.2C2H6/c1-10-9-4-2-8(3-5-9)6-12-7-11;9-8-3-1-7(2-4-8)5-11-6-10;2*1-2/h2-5,7,10H,6H2,1H3;1-4,6H,5,9H2;2*1-2H3/i7D;6D;;. The van der Waals surface area contributed by atoms with E-state index in [0.717, 1.165) is 16.8 Å². The lowest BCUT2D eigenvalue weighted by Crippen LogP contribution is -1.91. The fourth-order valence-electron chi connectivity index (χ4n) is 1.61. The van der Waals surface area contributed by atoms with Gasteiger partial charge in [-0.1, -0.05) is 52.0 Å². The number of benzene rings is 2. The molecule has 6 nitrogen and oxygen atoms in total. The molecule has 0 heterocycles. The largest absolute Gasteiger partial charge is 0.463 e. The topological polar surface area (TPSA) is 90.7 Å². The number of nitrogen functional groups attached to an aromatic ring is 1. The maximum Gasteiger partial charge on any atom is 0.293 e. The van der Waals surface area contributed by atoms with E-state index in [1.54, 1.807) is 24.3 Å². The van der Waals surface area contributed by atoms with Gasteiger partial charge in [-0.3, -0.25) is 9.59 Å². The van der Waals surface area contributed by atoms with Gasteiger partial charge < -0.3 is 20.5 Å². The maximum absolute atomic E-state index is 10.2. The van der Waals surface area contributed by atoms with Crippen LogP contribution < -0.4 is 11.1 Å². The van der Waals surface area contributed by atoms with E-state index in [-0.39, 0.29) is 13.2 Å². The van der Waals surface area contributed by atoms with Crippen molar-refractivity contribution in [1.82, 2.24) is 0 Å². The molecule has 3 N–H and O–H groups in total. The zero-order valence-corrected chi connectivity index (χ0v) is 16.7. The molecule has 0 aliphatic heterocycles. The van der Waals surface area contributed by atoms with Crippen LogP contribution in [0.25, 0.3) is 0 Å². The van der Waals surface area contributed by atoms with Gasteiger partial charge in [-0.15, -0.1) is 0 Å². The van der Waals surface area contributed by atoms with Crippen LogP contribution in [0.15, 0.2) is 48.5 Å². The molecule has 27 heavy (non-hydrogen) atoms. The molecule has 0 aromatic heterocycles. The molecule has 0 amide bonds. The molecule has 0 aliphatic rings. The first-order valence-electron chi connectivity index (χ1n) is 9.78. The molecule has 0 fully saturated rings. The summed E-state index contributed by atoms with van der Waals surface area (Å²) < 4.78 is 22.0. The Morgan fingerprint density at radius 1 is 0.852 bits per heavy atom. The van der Waals surface area contributed by atoms with Crippen molar-refractivity contribution in [2.24, 2.45) is 0 Å². The average Bonchev–Trinajstić information content (AvgIpc) is 2.75. The normalized spacial score (nSPS) is 9.22. The fourth-order valence-corrected chi connectivity index (χ4v) is 1.61. The number of carbonyl (C=O) groups is 2. The zero-order chi connectivity index (χ0) is 22.7. The summed E-state index contributed by atoms with van der Waals surface area (Å²) in [5, 5.41) is 2.97. The number of ether oxygens (including phenoxy) is 2. The molecule has 0 saturated carbocycles. The molecule has 6 heteroatoms. The van der Waals surface area contributed by atoms with Crippen LogP contribution in [0.4, 0.5) is 11.4 Å². The first-order chi connectivity index (χ1) is 13.9. The van der Waals surface area contributed by atoms with Gasteiger partial charge in [-0.2, -0.15) is 0 Å². The summed E-state index contributed by atoms with van der Waals surface area (Å²) >= 11 is 0. The van der Waals surface area contributed by atoms with Crippen LogP contribution in [0.2, 0.25) is 0 Å². The highest BCUT2D eigenvalue weighted by Crippen LogP contribution is 2.08. The van der Waals surface area contributed by atoms with Crippen molar-refractivity contribution in [3.63, 3.8) is 0 Å². The van der Waals surface area contributed by atoms with Crippen molar-refractivity contribution >= 4 is 24.3 Å². The fraction of sp³-hybridized carbons (Fsp3) is 0.333. The number of hydrogen-bond acceptors (Lipinski definition) is 6. The zero-order valence-electron chi connectivity index (χ0n) is 18.7. The third-order valence-corrected chi connectivity index (χ3v) is 2.82. The van der Waals surface area contributed by atoms with Gasteiger partial charge in [0.05, 0.1) is 0 Å². The van der Waals surface area contributed by atoms with E-state index >= 15 is 0 Å². The van der Waals surface area contributed by atoms with Crippen LogP contribution in [0.5, 0.6) is 0 Å². The number of nitrogens with one attached hydrogen (secondary N) is 1. The Bertz CT molecular complexity index is 678. The monoisotopic (exact) mass is 378 g/mol. The molecule has 0 aliphatic carbocycles. The lowest BCUT2D eigenvalue weighted by atomic mass is 10.2. The number of hydrogen-bond donors (Lipinski definition) is 2. The van der Waals surface area contributed by atoms with Crippen LogP contribution >= 0.6 is 0 Å². The molecule has 2 aromatic carbocycles. The van der Waals surface area contributed by atoms with E-state index in [1.165, 1.54) is 0 Å². The maximum atomic E-state index is 10.2. The molecule has 2 rings (SSSR count). The minimum atomic E-state index is -1.02. The van der Waals surface area contributed by atoms with Gasteiger partial charge in [0.2, 0.25) is 0 Å². The molecule has 0 saturated heterocycles. The van der Waals surface area contributed by atoms with E-state index in [0.29, 0.717) is 5.69 Å². The van der Waals surface area contributed by atoms with E-state index in [4.69, 9.17) is 8.48 Å². The Balaban J connectivity index is 0. The third-order valence-electron chi connectivity index (χ3n) is 2.82. The van der Waals surface area contributed by atoms with Crippen molar-refractivity contribution in [3.05, 3.63) is 59.7 Å². The van der Waals surface area contributed by atoms with Crippen LogP contribution in [0.3, 0.4) is 0 Å². The summed E-state index contributed by atoms with van der Waals surface area (Å²) in [7, 11) is 1.83. The second-order valence-corrected chi connectivity index (χ2v) is 4.43. The first kappa shape index (κ1) is 22.0. The van der Waals surface area contributed by atoms with Gasteiger partial charge in [-0.25, -0.2) is 0 Å². The van der Waals surface area contributed by atoms with Gasteiger partial charge in [0, 0.05) is 18.4 Å². The molecule has 2 aromatic rings. The second-order valence-electron chi connectivity index (χ2n) is 4.43. The van der Waals surface area contributed by atoms with Crippen molar-refractivity contribution in [2.75, 3.05) is 18.1 Å². The smallest absolute Gasteiger partial charge is 0.293 e. The van der Waals surface area contributed by atoms with Gasteiger partial charge in [0.1, 0.15) is 13.2 Å². The van der Waals surface area contributed by atoms with Crippen molar-refractivity contribution in [3.8, 4) is 0 Å². The SMILES string of the molecule is CC.CC.[2H]C(=O)OCc1ccc(N)cc1.[2H]C(=O)OCc1ccc(NC)cc1. The Morgan fingerprint density at radius 2 is 1.22 bits per heavy atom. The highest BCUT2D eigenvalue weighted by atomic mass is 16.5. The van der Waals surface area contributed by atoms with Crippen LogP contribution in [-0.2, 0) is 32.3 Å². The quantitative estimate of drug-likeness (QED) is 0.592. The summed E-state index contributed by atoms with van der Waals surface area (Å²) in [6, 6.07) is 14.4. The molecule has 150 valence electrons. The predicted molar refractivity (Wildman–Crippen MR) is 111 cm³/mol. The third kappa shape index (κ3) is 13.9. The highest BCUT2D eigenvalue weighted by Gasteiger charge is 1.92. The molecule has 0 unspecified atom stereocenters. The molecular weight excluding hydrogens is 344 g/mol. The van der Waals surface area contributed by atoms with Gasteiger partial charge >= 0.3 is 0 Å². The van der Waals surface area contributed by atoms with Crippen LogP contribution in [0.1, 0.15) is 41.6 Å². The predicted octanol–water partition coefficient (Wildman–Crippen LogP) is 4.40. The summed E-state index contributed by atoms with van der Waals surface area (Å²) in [4.78, 5) is 20.3. The summed E-state index contributed by atoms with van der Waals surface area (Å²) in [6.45, 7) is 8.29. The lowest BCUT2D eigenvalue weighted by Gasteiger charge is -2.01. The Kier molecular flexibility index (Phi) is 15.7. The number of anilines is 2. The van der Waals surface area contributed by atoms with Crippen molar-refractivity contribution in [1.29, 1.82) is 0 Å². The van der Waals surface area contributed by atoms with E-state index < -0.39 is 12.9 Å². The van der Waals surface area contributed by atoms with Gasteiger partial charge in [0.15, 0.2) is 2.74 Å². The Hall–Kier alpha value is -3.02. The molecule has 0 atom stereocenters. The number of carbonyl (C=O) groups excluding carboxylic acids is 2.